The fraction of sp³-hybridized carbons (Fsp3) is 1.00. The summed E-state index contributed by atoms with van der Waals surface area (Å²) in [6.45, 7) is 6.92. The Labute approximate surface area is 160 Å². The Morgan fingerprint density at radius 3 is 1.38 bits per heavy atom. The fourth-order valence-electron chi connectivity index (χ4n) is 3.12. The van der Waals surface area contributed by atoms with Crippen LogP contribution in [0.1, 0.15) is 27.7 Å². The van der Waals surface area contributed by atoms with Crippen LogP contribution in [0.15, 0.2) is 0 Å². The molecule has 0 aliphatic heterocycles. The molecule has 4 atom stereocenters. The van der Waals surface area contributed by atoms with Gasteiger partial charge in [-0.15, -0.1) is 0 Å². The minimum atomic E-state index is -3.65. The van der Waals surface area contributed by atoms with Gasteiger partial charge in [-0.1, -0.05) is 6.92 Å². The van der Waals surface area contributed by atoms with E-state index in [0.29, 0.717) is 0 Å². The molecule has 0 saturated heterocycles. The molecule has 0 rings (SSSR count). The van der Waals surface area contributed by atoms with Gasteiger partial charge in [0.1, 0.15) is 0 Å². The van der Waals surface area contributed by atoms with E-state index in [4.69, 9.17) is 13.3 Å². The second kappa shape index (κ2) is 9.41. The fourth-order valence-corrected chi connectivity index (χ4v) is 7.94. The van der Waals surface area contributed by atoms with Gasteiger partial charge < -0.3 is 13.3 Å². The standard InChI is InChI=1S/C14H34N2O7S2Si/c1-11(15(5)24(9,17)18)12(2)16(25(10,19)20)13(3)14(4)26(21-6,22-7)23-8/h11-14H,1-10H3. The van der Waals surface area contributed by atoms with Crippen LogP contribution in [0.2, 0.25) is 5.54 Å². The zero-order valence-electron chi connectivity index (χ0n) is 17.4. The molecule has 12 heteroatoms. The second-order valence-corrected chi connectivity index (χ2v) is 13.9. The lowest BCUT2D eigenvalue weighted by Gasteiger charge is -2.42. The maximum absolute atomic E-state index is 12.5. The van der Waals surface area contributed by atoms with Gasteiger partial charge in [-0.3, -0.25) is 0 Å². The van der Waals surface area contributed by atoms with E-state index in [9.17, 15) is 16.8 Å². The van der Waals surface area contributed by atoms with Crippen LogP contribution in [0, 0.1) is 0 Å². The molecule has 0 bridgehead atoms. The molecule has 0 aromatic rings. The van der Waals surface area contributed by atoms with E-state index in [-0.39, 0.29) is 5.54 Å². The zero-order chi connectivity index (χ0) is 21.1. The molecular weight excluding hydrogens is 400 g/mol. The van der Waals surface area contributed by atoms with Crippen molar-refractivity contribution in [2.24, 2.45) is 0 Å². The topological polar surface area (TPSA) is 102 Å². The van der Waals surface area contributed by atoms with Crippen molar-refractivity contribution in [2.45, 2.75) is 51.4 Å². The van der Waals surface area contributed by atoms with Crippen molar-refractivity contribution in [3.05, 3.63) is 0 Å². The molecule has 158 valence electrons. The highest BCUT2D eigenvalue weighted by atomic mass is 32.2. The molecular formula is C14H34N2O7S2Si. The molecule has 0 aliphatic carbocycles. The monoisotopic (exact) mass is 434 g/mol. The molecule has 4 unspecified atom stereocenters. The van der Waals surface area contributed by atoms with E-state index in [1.807, 2.05) is 6.92 Å². The smallest absolute Gasteiger partial charge is 0.377 e. The first kappa shape index (κ1) is 25.9. The van der Waals surface area contributed by atoms with Gasteiger partial charge in [-0.05, 0) is 20.8 Å². The van der Waals surface area contributed by atoms with Gasteiger partial charge in [-0.2, -0.15) is 4.31 Å². The zero-order valence-corrected chi connectivity index (χ0v) is 20.0. The molecule has 0 fully saturated rings. The molecule has 0 heterocycles. The van der Waals surface area contributed by atoms with Crippen LogP contribution in [0.3, 0.4) is 0 Å². The first-order chi connectivity index (χ1) is 11.6. The van der Waals surface area contributed by atoms with Crippen molar-refractivity contribution >= 4 is 28.9 Å². The van der Waals surface area contributed by atoms with Crippen molar-refractivity contribution in [3.8, 4) is 0 Å². The first-order valence-electron chi connectivity index (χ1n) is 8.17. The van der Waals surface area contributed by atoms with Crippen molar-refractivity contribution in [1.82, 2.24) is 8.61 Å². The van der Waals surface area contributed by atoms with E-state index in [2.05, 4.69) is 0 Å². The van der Waals surface area contributed by atoms with Crippen LogP contribution in [-0.2, 0) is 33.3 Å². The van der Waals surface area contributed by atoms with Gasteiger partial charge in [0.2, 0.25) is 20.0 Å². The van der Waals surface area contributed by atoms with Crippen molar-refractivity contribution in [3.63, 3.8) is 0 Å². The van der Waals surface area contributed by atoms with Gasteiger partial charge in [0, 0.05) is 52.0 Å². The lowest BCUT2D eigenvalue weighted by Crippen LogP contribution is -2.59. The normalized spacial score (nSPS) is 18.8. The molecule has 0 spiro atoms. The maximum atomic E-state index is 12.5. The number of hydrogen-bond donors (Lipinski definition) is 0. The summed E-state index contributed by atoms with van der Waals surface area (Å²) in [7, 11) is -4.38. The Morgan fingerprint density at radius 1 is 0.731 bits per heavy atom. The van der Waals surface area contributed by atoms with Crippen LogP contribution < -0.4 is 0 Å². The SMILES string of the molecule is CO[Si](OC)(OC)C(C)C(C)N(C(C)C(C)N(C)S(C)(=O)=O)S(C)(=O)=O. The Hall–Kier alpha value is -0.0831. The van der Waals surface area contributed by atoms with E-state index in [0.717, 1.165) is 12.5 Å². The average molecular weight is 435 g/mol. The quantitative estimate of drug-likeness (QED) is 0.438. The Morgan fingerprint density at radius 2 is 1.12 bits per heavy atom. The third kappa shape index (κ3) is 5.71. The molecule has 9 nitrogen and oxygen atoms in total. The van der Waals surface area contributed by atoms with E-state index >= 15 is 0 Å². The van der Waals surface area contributed by atoms with Crippen molar-refractivity contribution in [1.29, 1.82) is 0 Å². The van der Waals surface area contributed by atoms with Gasteiger partial charge in [0.15, 0.2) is 0 Å². The van der Waals surface area contributed by atoms with Crippen LogP contribution in [-0.4, -0.2) is 93.3 Å². The number of rotatable bonds is 11. The first-order valence-corrected chi connectivity index (χ1v) is 13.7. The van der Waals surface area contributed by atoms with Crippen LogP contribution >= 0.6 is 0 Å². The van der Waals surface area contributed by atoms with Gasteiger partial charge in [0.25, 0.3) is 0 Å². The van der Waals surface area contributed by atoms with Gasteiger partial charge >= 0.3 is 8.80 Å². The van der Waals surface area contributed by atoms with Crippen molar-refractivity contribution in [2.75, 3.05) is 40.9 Å². The molecule has 0 aliphatic rings. The number of nitrogens with zero attached hydrogens (tertiary/aromatic N) is 2. The highest BCUT2D eigenvalue weighted by molar-refractivity contribution is 7.88. The number of likely N-dealkylation sites (N-methyl/N-ethyl adjacent to an activating group) is 1. The van der Waals surface area contributed by atoms with E-state index in [1.54, 1.807) is 20.8 Å². The predicted molar refractivity (Wildman–Crippen MR) is 104 cm³/mol. The van der Waals surface area contributed by atoms with E-state index < -0.39 is 47.0 Å². The summed E-state index contributed by atoms with van der Waals surface area (Å²) in [6.07, 6.45) is 2.20. The van der Waals surface area contributed by atoms with E-state index in [1.165, 1.54) is 37.0 Å². The number of hydrogen-bond acceptors (Lipinski definition) is 7. The summed E-state index contributed by atoms with van der Waals surface area (Å²) in [5, 5.41) is 0. The third-order valence-electron chi connectivity index (χ3n) is 5.12. The molecule has 26 heavy (non-hydrogen) atoms. The molecule has 0 aromatic heterocycles. The highest BCUT2D eigenvalue weighted by Crippen LogP contribution is 2.33. The van der Waals surface area contributed by atoms with Crippen molar-refractivity contribution < 1.29 is 30.1 Å². The third-order valence-corrected chi connectivity index (χ3v) is 11.2. The average Bonchev–Trinajstić information content (AvgIpc) is 2.53. The Kier molecular flexibility index (Phi) is 9.38. The maximum Gasteiger partial charge on any atom is 0.504 e. The summed E-state index contributed by atoms with van der Waals surface area (Å²) < 4.78 is 67.7. The molecule has 0 radical (unpaired) electrons. The molecule has 0 amide bonds. The highest BCUT2D eigenvalue weighted by Gasteiger charge is 2.51. The number of sulfonamides is 2. The molecule has 0 saturated carbocycles. The summed E-state index contributed by atoms with van der Waals surface area (Å²) in [4.78, 5) is 0. The van der Waals surface area contributed by atoms with Crippen LogP contribution in [0.4, 0.5) is 0 Å². The second-order valence-electron chi connectivity index (χ2n) is 6.60. The van der Waals surface area contributed by atoms with Crippen LogP contribution in [0.25, 0.3) is 0 Å². The minimum absolute atomic E-state index is 0.379. The Bertz CT molecular complexity index is 644. The molecule has 0 aromatic carbocycles. The summed E-state index contributed by atoms with van der Waals surface area (Å²) >= 11 is 0. The van der Waals surface area contributed by atoms with Gasteiger partial charge in [0.05, 0.1) is 12.5 Å². The summed E-state index contributed by atoms with van der Waals surface area (Å²) in [5.74, 6) is 0. The largest absolute Gasteiger partial charge is 0.504 e. The summed E-state index contributed by atoms with van der Waals surface area (Å²) in [6, 6.07) is -1.72. The lowest BCUT2D eigenvalue weighted by atomic mass is 10.1. The van der Waals surface area contributed by atoms with Gasteiger partial charge in [-0.25, -0.2) is 21.1 Å². The predicted octanol–water partition coefficient (Wildman–Crippen LogP) is 0.573. The lowest BCUT2D eigenvalue weighted by molar-refractivity contribution is 0.0952. The van der Waals surface area contributed by atoms with Crippen LogP contribution in [0.5, 0.6) is 0 Å². The Balaban J connectivity index is 5.99. The minimum Gasteiger partial charge on any atom is -0.377 e. The molecule has 0 N–H and O–H groups in total. The summed E-state index contributed by atoms with van der Waals surface area (Å²) in [5.41, 5.74) is -0.379.